The Kier molecular flexibility index (Phi) is 10.0. The Balaban J connectivity index is 0.993. The normalized spacial score (nSPS) is 16.8. The van der Waals surface area contributed by atoms with Crippen LogP contribution in [-0.4, -0.2) is 48.6 Å². The molecule has 2 amide bonds. The molecule has 1 aliphatic rings. The zero-order chi connectivity index (χ0) is 36.2. The molecule has 0 fully saturated rings. The highest BCUT2D eigenvalue weighted by atomic mass is 35.5. The van der Waals surface area contributed by atoms with Crippen molar-refractivity contribution in [2.45, 2.75) is 44.4 Å². The van der Waals surface area contributed by atoms with E-state index in [4.69, 9.17) is 11.6 Å². The number of aromatic nitrogens is 4. The Morgan fingerprint density at radius 2 is 1.81 bits per heavy atom. The lowest BCUT2D eigenvalue weighted by molar-refractivity contribution is -0.139. The van der Waals surface area contributed by atoms with Crippen LogP contribution in [0.25, 0.3) is 10.9 Å². The van der Waals surface area contributed by atoms with Crippen LogP contribution in [0.3, 0.4) is 0 Å². The van der Waals surface area contributed by atoms with Gasteiger partial charge in [-0.05, 0) is 59.5 Å². The van der Waals surface area contributed by atoms with Gasteiger partial charge in [0.25, 0.3) is 5.91 Å². The van der Waals surface area contributed by atoms with E-state index in [9.17, 15) is 19.8 Å². The second kappa shape index (κ2) is 15.0. The zero-order valence-electron chi connectivity index (χ0n) is 28.6. The maximum Gasteiger partial charge on any atom is 0.264 e. The van der Waals surface area contributed by atoms with Crippen LogP contribution in [0, 0.1) is 5.92 Å². The van der Waals surface area contributed by atoms with Crippen LogP contribution in [0.4, 0.5) is 11.4 Å². The van der Waals surface area contributed by atoms with Gasteiger partial charge in [0.15, 0.2) is 5.60 Å². The first-order valence-electron chi connectivity index (χ1n) is 17.2. The fraction of sp³-hybridized carbons (Fsp3) is 0.220. The van der Waals surface area contributed by atoms with Crippen molar-refractivity contribution < 1.29 is 19.8 Å². The number of allylic oxidation sites excluding steroid dienone is 1. The first-order chi connectivity index (χ1) is 25.2. The van der Waals surface area contributed by atoms with E-state index in [1.54, 1.807) is 27.8 Å². The zero-order valence-corrected chi connectivity index (χ0v) is 29.4. The number of rotatable bonds is 13. The fourth-order valence-electron chi connectivity index (χ4n) is 6.89. The molecule has 0 saturated carbocycles. The number of nitrogens with one attached hydrogen (secondary N) is 2. The smallest absolute Gasteiger partial charge is 0.264 e. The van der Waals surface area contributed by atoms with Crippen molar-refractivity contribution in [2.24, 2.45) is 5.92 Å². The van der Waals surface area contributed by atoms with E-state index in [0.29, 0.717) is 40.6 Å². The van der Waals surface area contributed by atoms with Gasteiger partial charge in [-0.3, -0.25) is 14.3 Å². The Morgan fingerprint density at radius 1 is 1.04 bits per heavy atom. The van der Waals surface area contributed by atoms with Gasteiger partial charge in [-0.15, -0.1) is 5.10 Å². The SMILES string of the molecule is C[C@H](/C=C/CCn1cc(C(CO)c2ccccc2)nn1)[C@@]1(O)C(=O)N(Cc2ccc(NC(=O)Cc3c[nH]c4ccccc34)cc2)c2ccc(Cl)cc21. The molecule has 2 aromatic heterocycles. The predicted molar refractivity (Wildman–Crippen MR) is 202 cm³/mol. The lowest BCUT2D eigenvalue weighted by Crippen LogP contribution is -2.44. The molecule has 4 aromatic carbocycles. The Hall–Kier alpha value is -5.55. The van der Waals surface area contributed by atoms with Crippen LogP contribution >= 0.6 is 11.6 Å². The molecule has 0 aliphatic carbocycles. The number of fused-ring (bicyclic) bond motifs is 2. The molecule has 0 spiro atoms. The number of H-pyrrole nitrogens is 1. The van der Waals surface area contributed by atoms with Crippen LogP contribution in [0.5, 0.6) is 0 Å². The number of benzene rings is 4. The van der Waals surface area contributed by atoms with E-state index in [1.807, 2.05) is 110 Å². The van der Waals surface area contributed by atoms with Gasteiger partial charge in [0.2, 0.25) is 5.91 Å². The first-order valence-corrected chi connectivity index (χ1v) is 17.6. The summed E-state index contributed by atoms with van der Waals surface area (Å²) in [4.78, 5) is 31.7. The third kappa shape index (κ3) is 7.01. The molecule has 1 unspecified atom stereocenters. The number of aliphatic hydroxyl groups excluding tert-OH is 1. The third-order valence-electron chi connectivity index (χ3n) is 9.74. The summed E-state index contributed by atoms with van der Waals surface area (Å²) in [6, 6.07) is 30.1. The first kappa shape index (κ1) is 34.9. The van der Waals surface area contributed by atoms with Gasteiger partial charge in [0, 0.05) is 52.0 Å². The van der Waals surface area contributed by atoms with E-state index in [-0.39, 0.29) is 31.4 Å². The molecule has 10 nitrogen and oxygen atoms in total. The highest BCUT2D eigenvalue weighted by Gasteiger charge is 2.52. The number of aryl methyl sites for hydroxylation is 1. The standard InChI is InChI=1S/C41H39ClN6O4/c1-27(9-7-8-20-47-25-37(45-46-47)34(26-49)29-10-3-2-4-11-29)41(52)35-22-31(42)16-19-38(35)48(40(41)51)24-28-14-17-32(18-15-28)44-39(50)21-30-23-43-36-13-6-5-12-33(30)36/h2-7,9-19,22-23,25,27,34,43,49,52H,8,20-21,24,26H2,1H3,(H,44,50)/b9-7+/t27-,34?,41+/m1/s1. The number of aliphatic hydroxyl groups is 2. The fourth-order valence-corrected chi connectivity index (χ4v) is 7.06. The van der Waals surface area contributed by atoms with Crippen molar-refractivity contribution in [3.63, 3.8) is 0 Å². The predicted octanol–water partition coefficient (Wildman–Crippen LogP) is 6.74. The minimum atomic E-state index is -1.82. The second-order valence-corrected chi connectivity index (χ2v) is 13.6. The Bertz CT molecular complexity index is 2230. The molecule has 1 aliphatic heterocycles. The van der Waals surface area contributed by atoms with Gasteiger partial charge in [-0.1, -0.05) is 96.6 Å². The average Bonchev–Trinajstić information content (AvgIpc) is 3.85. The van der Waals surface area contributed by atoms with E-state index in [1.165, 1.54) is 0 Å². The molecule has 0 saturated heterocycles. The van der Waals surface area contributed by atoms with Crippen LogP contribution < -0.4 is 10.2 Å². The Morgan fingerprint density at radius 3 is 2.60 bits per heavy atom. The minimum Gasteiger partial charge on any atom is -0.395 e. The number of halogens is 1. The highest BCUT2D eigenvalue weighted by molar-refractivity contribution is 6.31. The lowest BCUT2D eigenvalue weighted by atomic mass is 9.83. The molecule has 3 atom stereocenters. The molecule has 52 heavy (non-hydrogen) atoms. The van der Waals surface area contributed by atoms with Crippen molar-refractivity contribution in [3.05, 3.63) is 155 Å². The molecule has 6 aromatic rings. The second-order valence-electron chi connectivity index (χ2n) is 13.2. The summed E-state index contributed by atoms with van der Waals surface area (Å²) in [5.74, 6) is -1.40. The van der Waals surface area contributed by atoms with Crippen LogP contribution in [-0.2, 0) is 34.7 Å². The molecule has 264 valence electrons. The van der Waals surface area contributed by atoms with Crippen molar-refractivity contribution >= 4 is 45.7 Å². The molecule has 3 heterocycles. The number of para-hydroxylation sites is 1. The van der Waals surface area contributed by atoms with Gasteiger partial charge < -0.3 is 25.4 Å². The Labute approximate surface area is 306 Å². The van der Waals surface area contributed by atoms with E-state index >= 15 is 0 Å². The summed E-state index contributed by atoms with van der Waals surface area (Å²) in [7, 11) is 0. The maximum atomic E-state index is 14.1. The van der Waals surface area contributed by atoms with Gasteiger partial charge in [0.05, 0.1) is 36.9 Å². The minimum absolute atomic E-state index is 0.0775. The summed E-state index contributed by atoms with van der Waals surface area (Å²) in [5.41, 5.74) is 4.28. The van der Waals surface area contributed by atoms with Gasteiger partial charge in [-0.2, -0.15) is 0 Å². The molecule has 4 N–H and O–H groups in total. The van der Waals surface area contributed by atoms with Crippen molar-refractivity contribution in [2.75, 3.05) is 16.8 Å². The number of amides is 2. The molecular formula is C41H39ClN6O4. The molecule has 0 radical (unpaired) electrons. The number of carbonyl (C=O) groups is 2. The van der Waals surface area contributed by atoms with Gasteiger partial charge in [-0.25, -0.2) is 0 Å². The molecular weight excluding hydrogens is 676 g/mol. The number of hydrogen-bond donors (Lipinski definition) is 4. The van der Waals surface area contributed by atoms with E-state index in [0.717, 1.165) is 27.6 Å². The number of nitrogens with zero attached hydrogens (tertiary/aromatic N) is 4. The largest absolute Gasteiger partial charge is 0.395 e. The van der Waals surface area contributed by atoms with E-state index < -0.39 is 17.4 Å². The number of aromatic amines is 1. The van der Waals surface area contributed by atoms with Crippen LogP contribution in [0.2, 0.25) is 5.02 Å². The summed E-state index contributed by atoms with van der Waals surface area (Å²) in [5, 5.41) is 35.0. The van der Waals surface area contributed by atoms with Gasteiger partial charge >= 0.3 is 0 Å². The number of hydrogen-bond acceptors (Lipinski definition) is 6. The summed E-state index contributed by atoms with van der Waals surface area (Å²) >= 11 is 6.38. The van der Waals surface area contributed by atoms with Crippen LogP contribution in [0.15, 0.2) is 122 Å². The summed E-state index contributed by atoms with van der Waals surface area (Å²) < 4.78 is 1.72. The maximum absolute atomic E-state index is 14.1. The van der Waals surface area contributed by atoms with Crippen molar-refractivity contribution in [1.82, 2.24) is 20.0 Å². The average molecular weight is 715 g/mol. The summed E-state index contributed by atoms with van der Waals surface area (Å²) in [6.45, 7) is 2.49. The van der Waals surface area contributed by atoms with Crippen LogP contribution in [0.1, 0.15) is 47.2 Å². The van der Waals surface area contributed by atoms with Gasteiger partial charge in [0.1, 0.15) is 0 Å². The number of carbonyl (C=O) groups excluding carboxylic acids is 2. The molecule has 0 bridgehead atoms. The van der Waals surface area contributed by atoms with Crippen molar-refractivity contribution in [3.8, 4) is 0 Å². The quantitative estimate of drug-likeness (QED) is 0.0980. The third-order valence-corrected chi connectivity index (χ3v) is 9.98. The monoisotopic (exact) mass is 714 g/mol. The highest BCUT2D eigenvalue weighted by Crippen LogP contribution is 2.46. The summed E-state index contributed by atoms with van der Waals surface area (Å²) in [6.07, 6.45) is 8.29. The topological polar surface area (TPSA) is 136 Å². The molecule has 11 heteroatoms. The van der Waals surface area contributed by atoms with Crippen molar-refractivity contribution in [1.29, 1.82) is 0 Å². The van der Waals surface area contributed by atoms with E-state index in [2.05, 4.69) is 20.6 Å². The number of anilines is 2. The molecule has 7 rings (SSSR count). The lowest BCUT2D eigenvalue weighted by Gasteiger charge is -2.27.